The third-order valence-electron chi connectivity index (χ3n) is 3.94. The summed E-state index contributed by atoms with van der Waals surface area (Å²) in [5.74, 6) is -0.963. The smallest absolute Gasteiger partial charge is 0.259 e. The molecule has 0 radical (unpaired) electrons. The lowest BCUT2D eigenvalue weighted by molar-refractivity contribution is -0.120. The van der Waals surface area contributed by atoms with Gasteiger partial charge in [-0.15, -0.1) is 0 Å². The molecule has 0 saturated carbocycles. The van der Waals surface area contributed by atoms with Crippen LogP contribution in [0.1, 0.15) is 21.5 Å². The molecular formula is C20H15Cl3N4O2. The van der Waals surface area contributed by atoms with Gasteiger partial charge in [-0.3, -0.25) is 9.59 Å². The van der Waals surface area contributed by atoms with Crippen molar-refractivity contribution < 1.29 is 9.59 Å². The number of pyridine rings is 1. The lowest BCUT2D eigenvalue weighted by Crippen LogP contribution is -2.34. The van der Waals surface area contributed by atoms with Gasteiger partial charge >= 0.3 is 0 Å². The second-order valence-electron chi connectivity index (χ2n) is 6.17. The number of aryl methyl sites for hydroxylation is 1. The SMILES string of the molecule is Cc1ccc2cc(C=NNC(=O)CNC(=O)c3ccc(Cl)c(Cl)c3)c(Cl)nc2c1. The van der Waals surface area contributed by atoms with Gasteiger partial charge in [0, 0.05) is 16.5 Å². The van der Waals surface area contributed by atoms with Gasteiger partial charge in [0.15, 0.2) is 0 Å². The second kappa shape index (κ2) is 9.22. The molecule has 0 saturated heterocycles. The Bertz CT molecular complexity index is 1130. The number of hydrazone groups is 1. The van der Waals surface area contributed by atoms with Gasteiger partial charge in [0.25, 0.3) is 11.8 Å². The molecule has 0 fully saturated rings. The summed E-state index contributed by atoms with van der Waals surface area (Å²) in [7, 11) is 0. The summed E-state index contributed by atoms with van der Waals surface area (Å²) in [4.78, 5) is 28.3. The molecule has 0 aliphatic heterocycles. The molecule has 29 heavy (non-hydrogen) atoms. The van der Waals surface area contributed by atoms with Gasteiger partial charge in [0.05, 0.1) is 28.3 Å². The van der Waals surface area contributed by atoms with Crippen LogP contribution in [0.2, 0.25) is 15.2 Å². The van der Waals surface area contributed by atoms with Crippen molar-refractivity contribution in [2.45, 2.75) is 6.92 Å². The number of halogens is 3. The van der Waals surface area contributed by atoms with Crippen LogP contribution >= 0.6 is 34.8 Å². The summed E-state index contributed by atoms with van der Waals surface area (Å²) in [6, 6.07) is 12.1. The van der Waals surface area contributed by atoms with Crippen LogP contribution in [-0.4, -0.2) is 29.6 Å². The molecule has 9 heteroatoms. The van der Waals surface area contributed by atoms with Gasteiger partial charge in [0.1, 0.15) is 5.15 Å². The molecule has 2 N–H and O–H groups in total. The first-order chi connectivity index (χ1) is 13.8. The number of amides is 2. The first kappa shape index (κ1) is 21.0. The highest BCUT2D eigenvalue weighted by atomic mass is 35.5. The topological polar surface area (TPSA) is 83.5 Å². The van der Waals surface area contributed by atoms with E-state index in [0.29, 0.717) is 16.1 Å². The van der Waals surface area contributed by atoms with Crippen molar-refractivity contribution in [1.29, 1.82) is 0 Å². The highest BCUT2D eigenvalue weighted by molar-refractivity contribution is 6.42. The summed E-state index contributed by atoms with van der Waals surface area (Å²) in [6.07, 6.45) is 1.40. The molecular weight excluding hydrogens is 435 g/mol. The van der Waals surface area contributed by atoms with E-state index in [0.717, 1.165) is 16.5 Å². The molecule has 2 aromatic carbocycles. The number of hydrogen-bond acceptors (Lipinski definition) is 4. The van der Waals surface area contributed by atoms with Gasteiger partial charge < -0.3 is 5.32 Å². The minimum Gasteiger partial charge on any atom is -0.343 e. The van der Waals surface area contributed by atoms with Crippen LogP contribution in [0.4, 0.5) is 0 Å². The van der Waals surface area contributed by atoms with Crippen molar-refractivity contribution in [2.24, 2.45) is 5.10 Å². The van der Waals surface area contributed by atoms with E-state index in [-0.39, 0.29) is 16.7 Å². The summed E-state index contributed by atoms with van der Waals surface area (Å²) in [5, 5.41) is 8.10. The normalized spacial score (nSPS) is 11.0. The number of aromatic nitrogens is 1. The van der Waals surface area contributed by atoms with Gasteiger partial charge in [0.2, 0.25) is 0 Å². The van der Waals surface area contributed by atoms with E-state index in [1.165, 1.54) is 24.4 Å². The van der Waals surface area contributed by atoms with E-state index in [4.69, 9.17) is 34.8 Å². The minimum atomic E-state index is -0.504. The summed E-state index contributed by atoms with van der Waals surface area (Å²) in [6.45, 7) is 1.71. The summed E-state index contributed by atoms with van der Waals surface area (Å²) >= 11 is 17.9. The van der Waals surface area contributed by atoms with Crippen LogP contribution in [0.5, 0.6) is 0 Å². The Morgan fingerprint density at radius 3 is 2.62 bits per heavy atom. The fourth-order valence-electron chi connectivity index (χ4n) is 2.47. The van der Waals surface area contributed by atoms with Crippen molar-refractivity contribution in [3.05, 3.63) is 74.4 Å². The van der Waals surface area contributed by atoms with Gasteiger partial charge in [-0.05, 0) is 42.8 Å². The summed E-state index contributed by atoms with van der Waals surface area (Å²) in [5.41, 5.74) is 5.04. The Hall–Kier alpha value is -2.67. The fraction of sp³-hybridized carbons (Fsp3) is 0.100. The molecule has 3 aromatic rings. The van der Waals surface area contributed by atoms with Crippen LogP contribution in [0.15, 0.2) is 47.6 Å². The molecule has 148 valence electrons. The average Bonchev–Trinajstić information content (AvgIpc) is 2.68. The fourth-order valence-corrected chi connectivity index (χ4v) is 2.97. The monoisotopic (exact) mass is 448 g/mol. The largest absolute Gasteiger partial charge is 0.343 e. The first-order valence-electron chi connectivity index (χ1n) is 8.45. The number of carbonyl (C=O) groups is 2. The van der Waals surface area contributed by atoms with E-state index < -0.39 is 11.8 Å². The predicted octanol–water partition coefficient (Wildman–Crippen LogP) is 4.38. The first-order valence-corrected chi connectivity index (χ1v) is 9.59. The average molecular weight is 450 g/mol. The molecule has 2 amide bonds. The molecule has 0 unspecified atom stereocenters. The summed E-state index contributed by atoms with van der Waals surface area (Å²) < 4.78 is 0. The number of rotatable bonds is 5. The Balaban J connectivity index is 1.57. The van der Waals surface area contributed by atoms with Crippen molar-refractivity contribution in [2.75, 3.05) is 6.54 Å². The molecule has 0 spiro atoms. The Morgan fingerprint density at radius 1 is 1.07 bits per heavy atom. The maximum atomic E-state index is 12.0. The molecule has 6 nitrogen and oxygen atoms in total. The third-order valence-corrected chi connectivity index (χ3v) is 4.98. The quantitative estimate of drug-likeness (QED) is 0.344. The number of nitrogens with one attached hydrogen (secondary N) is 2. The molecule has 0 aliphatic rings. The van der Waals surface area contributed by atoms with E-state index in [1.54, 1.807) is 0 Å². The zero-order valence-electron chi connectivity index (χ0n) is 15.2. The minimum absolute atomic E-state index is 0.254. The van der Waals surface area contributed by atoms with E-state index in [1.807, 2.05) is 31.2 Å². The maximum Gasteiger partial charge on any atom is 0.259 e. The zero-order chi connectivity index (χ0) is 21.0. The molecule has 0 bridgehead atoms. The van der Waals surface area contributed by atoms with Gasteiger partial charge in [-0.1, -0.05) is 46.9 Å². The molecule has 1 aromatic heterocycles. The highest BCUT2D eigenvalue weighted by Gasteiger charge is 2.10. The molecule has 0 aliphatic carbocycles. The van der Waals surface area contributed by atoms with Crippen LogP contribution in [0.25, 0.3) is 10.9 Å². The van der Waals surface area contributed by atoms with Gasteiger partial charge in [-0.2, -0.15) is 5.10 Å². The van der Waals surface area contributed by atoms with Crippen molar-refractivity contribution in [1.82, 2.24) is 15.7 Å². The number of benzene rings is 2. The predicted molar refractivity (Wildman–Crippen MR) is 116 cm³/mol. The molecule has 1 heterocycles. The van der Waals surface area contributed by atoms with Crippen molar-refractivity contribution in [3.63, 3.8) is 0 Å². The lowest BCUT2D eigenvalue weighted by Gasteiger charge is -2.05. The van der Waals surface area contributed by atoms with E-state index in [9.17, 15) is 9.59 Å². The Labute approximate surface area is 181 Å². The van der Waals surface area contributed by atoms with Crippen molar-refractivity contribution in [3.8, 4) is 0 Å². The Kier molecular flexibility index (Phi) is 6.69. The highest BCUT2D eigenvalue weighted by Crippen LogP contribution is 2.22. The number of carbonyl (C=O) groups excluding carboxylic acids is 2. The van der Waals surface area contributed by atoms with Crippen LogP contribution in [-0.2, 0) is 4.79 Å². The Morgan fingerprint density at radius 2 is 1.86 bits per heavy atom. The van der Waals surface area contributed by atoms with Crippen LogP contribution in [0, 0.1) is 6.92 Å². The molecule has 3 rings (SSSR count). The van der Waals surface area contributed by atoms with Crippen molar-refractivity contribution >= 4 is 63.7 Å². The zero-order valence-corrected chi connectivity index (χ0v) is 17.4. The second-order valence-corrected chi connectivity index (χ2v) is 7.34. The van der Waals surface area contributed by atoms with E-state index in [2.05, 4.69) is 20.8 Å². The van der Waals surface area contributed by atoms with Crippen LogP contribution < -0.4 is 10.7 Å². The maximum absolute atomic E-state index is 12.0. The molecule has 0 atom stereocenters. The van der Waals surface area contributed by atoms with Crippen LogP contribution in [0.3, 0.4) is 0 Å². The third kappa shape index (κ3) is 5.44. The van der Waals surface area contributed by atoms with E-state index >= 15 is 0 Å². The number of nitrogens with zero attached hydrogens (tertiary/aromatic N) is 2. The number of fused-ring (bicyclic) bond motifs is 1. The number of hydrogen-bond donors (Lipinski definition) is 2. The van der Waals surface area contributed by atoms with Gasteiger partial charge in [-0.25, -0.2) is 10.4 Å². The lowest BCUT2D eigenvalue weighted by atomic mass is 10.1. The standard InChI is InChI=1S/C20H15Cl3N4O2/c1-11-2-3-12-7-14(19(23)26-17(12)6-11)9-25-27-18(28)10-24-20(29)13-4-5-15(21)16(22)8-13/h2-9H,10H2,1H3,(H,24,29)(H,27,28).